The summed E-state index contributed by atoms with van der Waals surface area (Å²) in [5, 5.41) is 3.93. The summed E-state index contributed by atoms with van der Waals surface area (Å²) in [5.74, 6) is 0.458. The largest absolute Gasteiger partial charge is 0.355 e. The van der Waals surface area contributed by atoms with Crippen LogP contribution in [0.3, 0.4) is 0 Å². The first-order valence-electron chi connectivity index (χ1n) is 7.40. The van der Waals surface area contributed by atoms with Crippen LogP contribution in [0.1, 0.15) is 21.7 Å². The van der Waals surface area contributed by atoms with Gasteiger partial charge in [-0.15, -0.1) is 0 Å². The van der Waals surface area contributed by atoms with Gasteiger partial charge >= 0.3 is 0 Å². The SMILES string of the molecule is O=C(c1cc(-c2ccccc2)on1)N1CCc2ncncc2C1. The Morgan fingerprint density at radius 1 is 1.22 bits per heavy atom. The lowest BCUT2D eigenvalue weighted by atomic mass is 10.1. The van der Waals surface area contributed by atoms with Crippen molar-refractivity contribution in [1.82, 2.24) is 20.0 Å². The molecule has 4 rings (SSSR count). The second kappa shape index (κ2) is 5.64. The number of amides is 1. The van der Waals surface area contributed by atoms with Crippen LogP contribution in [0.2, 0.25) is 0 Å². The number of benzene rings is 1. The summed E-state index contributed by atoms with van der Waals surface area (Å²) in [6, 6.07) is 11.3. The second-order valence-corrected chi connectivity index (χ2v) is 5.41. The van der Waals surface area contributed by atoms with Gasteiger partial charge in [-0.3, -0.25) is 4.79 Å². The molecule has 1 amide bonds. The quantitative estimate of drug-likeness (QED) is 0.726. The normalized spacial score (nSPS) is 13.7. The lowest BCUT2D eigenvalue weighted by Crippen LogP contribution is -2.36. The third-order valence-corrected chi connectivity index (χ3v) is 3.94. The molecule has 0 spiro atoms. The number of nitrogens with zero attached hydrogens (tertiary/aromatic N) is 4. The molecule has 23 heavy (non-hydrogen) atoms. The molecular weight excluding hydrogens is 292 g/mol. The average molecular weight is 306 g/mol. The van der Waals surface area contributed by atoms with E-state index in [-0.39, 0.29) is 5.91 Å². The van der Waals surface area contributed by atoms with Gasteiger partial charge in [0.15, 0.2) is 11.5 Å². The molecule has 3 aromatic rings. The topological polar surface area (TPSA) is 72.1 Å². The Kier molecular flexibility index (Phi) is 3.34. The first-order chi connectivity index (χ1) is 11.3. The van der Waals surface area contributed by atoms with E-state index in [0.29, 0.717) is 24.5 Å². The van der Waals surface area contributed by atoms with Gasteiger partial charge in [-0.05, 0) is 0 Å². The van der Waals surface area contributed by atoms with E-state index in [9.17, 15) is 4.79 Å². The van der Waals surface area contributed by atoms with E-state index in [2.05, 4.69) is 15.1 Å². The first-order valence-corrected chi connectivity index (χ1v) is 7.40. The zero-order valence-corrected chi connectivity index (χ0v) is 12.3. The van der Waals surface area contributed by atoms with E-state index in [0.717, 1.165) is 23.2 Å². The van der Waals surface area contributed by atoms with Crippen molar-refractivity contribution in [2.45, 2.75) is 13.0 Å². The molecule has 6 heteroatoms. The van der Waals surface area contributed by atoms with Crippen LogP contribution < -0.4 is 0 Å². The molecule has 0 bridgehead atoms. The molecule has 0 atom stereocenters. The van der Waals surface area contributed by atoms with Crippen molar-refractivity contribution in [3.63, 3.8) is 0 Å². The fraction of sp³-hybridized carbons (Fsp3) is 0.176. The third-order valence-electron chi connectivity index (χ3n) is 3.94. The van der Waals surface area contributed by atoms with E-state index in [4.69, 9.17) is 4.52 Å². The summed E-state index contributed by atoms with van der Waals surface area (Å²) >= 11 is 0. The Hall–Kier alpha value is -3.02. The zero-order valence-electron chi connectivity index (χ0n) is 12.3. The highest BCUT2D eigenvalue weighted by Gasteiger charge is 2.25. The molecule has 3 heterocycles. The molecule has 1 aromatic carbocycles. The third kappa shape index (κ3) is 2.59. The lowest BCUT2D eigenvalue weighted by molar-refractivity contribution is 0.0723. The fourth-order valence-electron chi connectivity index (χ4n) is 2.72. The van der Waals surface area contributed by atoms with Crippen molar-refractivity contribution in [1.29, 1.82) is 0 Å². The van der Waals surface area contributed by atoms with Gasteiger partial charge in [0.2, 0.25) is 0 Å². The summed E-state index contributed by atoms with van der Waals surface area (Å²) in [7, 11) is 0. The Bertz CT molecular complexity index is 845. The number of fused-ring (bicyclic) bond motifs is 1. The molecule has 1 aliphatic rings. The van der Waals surface area contributed by atoms with Crippen LogP contribution in [-0.2, 0) is 13.0 Å². The van der Waals surface area contributed by atoms with Gasteiger partial charge in [-0.2, -0.15) is 0 Å². The maximum absolute atomic E-state index is 12.6. The number of carbonyl (C=O) groups is 1. The molecule has 0 unspecified atom stereocenters. The van der Waals surface area contributed by atoms with Crippen LogP contribution in [0.15, 0.2) is 53.4 Å². The molecule has 2 aromatic heterocycles. The van der Waals surface area contributed by atoms with Crippen LogP contribution in [0, 0.1) is 0 Å². The first kappa shape index (κ1) is 13.6. The maximum Gasteiger partial charge on any atom is 0.276 e. The van der Waals surface area contributed by atoms with Crippen LogP contribution in [-0.4, -0.2) is 32.5 Å². The number of hydrogen-bond acceptors (Lipinski definition) is 5. The minimum Gasteiger partial charge on any atom is -0.355 e. The standard InChI is InChI=1S/C17H14N4O2/c22-17(21-7-6-14-13(10-21)9-18-11-19-14)15-8-16(23-20-15)12-4-2-1-3-5-12/h1-5,8-9,11H,6-7,10H2. The van der Waals surface area contributed by atoms with E-state index in [1.54, 1.807) is 23.5 Å². The van der Waals surface area contributed by atoms with Gasteiger partial charge in [-0.25, -0.2) is 9.97 Å². The van der Waals surface area contributed by atoms with E-state index in [1.165, 1.54) is 0 Å². The summed E-state index contributed by atoms with van der Waals surface area (Å²) in [6.45, 7) is 1.12. The average Bonchev–Trinajstić information content (AvgIpc) is 3.11. The highest BCUT2D eigenvalue weighted by atomic mass is 16.5. The van der Waals surface area contributed by atoms with Crippen molar-refractivity contribution in [2.24, 2.45) is 0 Å². The monoisotopic (exact) mass is 306 g/mol. The lowest BCUT2D eigenvalue weighted by Gasteiger charge is -2.26. The van der Waals surface area contributed by atoms with Gasteiger partial charge in [0.25, 0.3) is 5.91 Å². The van der Waals surface area contributed by atoms with Gasteiger partial charge in [0, 0.05) is 42.9 Å². The maximum atomic E-state index is 12.6. The highest BCUT2D eigenvalue weighted by molar-refractivity contribution is 5.93. The molecule has 0 saturated heterocycles. The molecule has 114 valence electrons. The predicted octanol–water partition coefficient (Wildman–Crippen LogP) is 2.33. The van der Waals surface area contributed by atoms with Crippen molar-refractivity contribution in [3.8, 4) is 11.3 Å². The number of aromatic nitrogens is 3. The molecular formula is C17H14N4O2. The van der Waals surface area contributed by atoms with E-state index < -0.39 is 0 Å². The molecule has 0 radical (unpaired) electrons. The zero-order chi connectivity index (χ0) is 15.6. The highest BCUT2D eigenvalue weighted by Crippen LogP contribution is 2.22. The number of hydrogen-bond donors (Lipinski definition) is 0. The van der Waals surface area contributed by atoms with Crippen LogP contribution in [0.4, 0.5) is 0 Å². The predicted molar refractivity (Wildman–Crippen MR) is 82.4 cm³/mol. The fourth-order valence-corrected chi connectivity index (χ4v) is 2.72. The van der Waals surface area contributed by atoms with Gasteiger partial charge in [0.1, 0.15) is 6.33 Å². The van der Waals surface area contributed by atoms with Gasteiger partial charge < -0.3 is 9.42 Å². The second-order valence-electron chi connectivity index (χ2n) is 5.41. The van der Waals surface area contributed by atoms with Crippen molar-refractivity contribution in [2.75, 3.05) is 6.54 Å². The van der Waals surface area contributed by atoms with Gasteiger partial charge in [-0.1, -0.05) is 35.5 Å². The van der Waals surface area contributed by atoms with Crippen LogP contribution in [0.5, 0.6) is 0 Å². The molecule has 0 fully saturated rings. The smallest absolute Gasteiger partial charge is 0.276 e. The Balaban J connectivity index is 1.55. The van der Waals surface area contributed by atoms with E-state index >= 15 is 0 Å². The summed E-state index contributed by atoms with van der Waals surface area (Å²) in [6.07, 6.45) is 4.03. The Morgan fingerprint density at radius 2 is 2.09 bits per heavy atom. The molecule has 6 nitrogen and oxygen atoms in total. The Morgan fingerprint density at radius 3 is 2.96 bits per heavy atom. The minimum atomic E-state index is -0.134. The van der Waals surface area contributed by atoms with Crippen LogP contribution >= 0.6 is 0 Å². The van der Waals surface area contributed by atoms with Crippen molar-refractivity contribution < 1.29 is 9.32 Å². The Labute approximate surface area is 132 Å². The summed E-state index contributed by atoms with van der Waals surface area (Å²) in [4.78, 5) is 22.6. The van der Waals surface area contributed by atoms with Crippen molar-refractivity contribution >= 4 is 5.91 Å². The van der Waals surface area contributed by atoms with Crippen molar-refractivity contribution in [3.05, 3.63) is 65.9 Å². The molecule has 0 saturated carbocycles. The molecule has 0 aliphatic carbocycles. The minimum absolute atomic E-state index is 0.134. The molecule has 1 aliphatic heterocycles. The number of carbonyl (C=O) groups excluding carboxylic acids is 1. The number of rotatable bonds is 2. The summed E-state index contributed by atoms with van der Waals surface area (Å²) in [5.41, 5.74) is 3.22. The van der Waals surface area contributed by atoms with Crippen LogP contribution in [0.25, 0.3) is 11.3 Å². The molecule has 0 N–H and O–H groups in total. The van der Waals surface area contributed by atoms with Gasteiger partial charge in [0.05, 0.1) is 5.69 Å². The summed E-state index contributed by atoms with van der Waals surface area (Å²) < 4.78 is 5.31. The van der Waals surface area contributed by atoms with E-state index in [1.807, 2.05) is 30.3 Å².